The number of carbonyl (C=O) groups is 1. The third-order valence-electron chi connectivity index (χ3n) is 3.59. The topological polar surface area (TPSA) is 56.8 Å². The second-order valence-corrected chi connectivity index (χ2v) is 5.77. The molecule has 0 aliphatic carbocycles. The van der Waals surface area contributed by atoms with Gasteiger partial charge in [-0.1, -0.05) is 13.0 Å². The van der Waals surface area contributed by atoms with Crippen molar-refractivity contribution >= 4 is 17.7 Å². The molecule has 144 valence electrons. The lowest BCUT2D eigenvalue weighted by Gasteiger charge is -2.12. The Balaban J connectivity index is 2.00. The zero-order chi connectivity index (χ0) is 19.5. The van der Waals surface area contributed by atoms with Crippen LogP contribution >= 0.6 is 0 Å². The van der Waals surface area contributed by atoms with Crippen molar-refractivity contribution in [2.75, 3.05) is 25.1 Å². The quantitative estimate of drug-likeness (QED) is 0.604. The summed E-state index contributed by atoms with van der Waals surface area (Å²) in [6, 6.07) is 12.9. The first-order valence-electron chi connectivity index (χ1n) is 9.27. The minimum Gasteiger partial charge on any atom is -0.494 e. The summed E-state index contributed by atoms with van der Waals surface area (Å²) in [6.45, 7) is 7.71. The first-order chi connectivity index (χ1) is 13.2. The number of ether oxygens (including phenoxy) is 3. The number of benzene rings is 2. The third kappa shape index (κ3) is 6.70. The Morgan fingerprint density at radius 1 is 0.926 bits per heavy atom. The molecule has 0 heterocycles. The van der Waals surface area contributed by atoms with E-state index in [1.165, 1.54) is 6.08 Å². The van der Waals surface area contributed by atoms with Crippen molar-refractivity contribution in [3.8, 4) is 17.2 Å². The van der Waals surface area contributed by atoms with Crippen LogP contribution in [0.25, 0.3) is 6.08 Å². The molecule has 0 bridgehead atoms. The van der Waals surface area contributed by atoms with Crippen LogP contribution in [0.15, 0.2) is 48.5 Å². The van der Waals surface area contributed by atoms with E-state index in [1.807, 2.05) is 56.3 Å². The number of nitrogens with one attached hydrogen (secondary N) is 1. The summed E-state index contributed by atoms with van der Waals surface area (Å²) in [5.74, 6) is 1.97. The van der Waals surface area contributed by atoms with E-state index in [-0.39, 0.29) is 5.91 Å². The van der Waals surface area contributed by atoms with E-state index in [9.17, 15) is 4.79 Å². The van der Waals surface area contributed by atoms with Gasteiger partial charge < -0.3 is 19.5 Å². The molecule has 0 saturated heterocycles. The Morgan fingerprint density at radius 3 is 2.33 bits per heavy atom. The molecule has 2 aromatic rings. The zero-order valence-corrected chi connectivity index (χ0v) is 16.2. The van der Waals surface area contributed by atoms with Crippen molar-refractivity contribution in [3.05, 3.63) is 54.1 Å². The molecule has 2 rings (SSSR count). The summed E-state index contributed by atoms with van der Waals surface area (Å²) in [5, 5.41) is 2.82. The average molecular weight is 369 g/mol. The van der Waals surface area contributed by atoms with Gasteiger partial charge in [0.2, 0.25) is 5.91 Å². The lowest BCUT2D eigenvalue weighted by molar-refractivity contribution is -0.111. The summed E-state index contributed by atoms with van der Waals surface area (Å²) >= 11 is 0. The fraction of sp³-hybridized carbons (Fsp3) is 0.318. The number of rotatable bonds is 10. The zero-order valence-electron chi connectivity index (χ0n) is 16.2. The number of amides is 1. The van der Waals surface area contributed by atoms with Crippen molar-refractivity contribution < 1.29 is 19.0 Å². The van der Waals surface area contributed by atoms with Crippen molar-refractivity contribution in [1.82, 2.24) is 0 Å². The van der Waals surface area contributed by atoms with Crippen LogP contribution in [0.4, 0.5) is 5.69 Å². The van der Waals surface area contributed by atoms with Gasteiger partial charge in [-0.2, -0.15) is 0 Å². The van der Waals surface area contributed by atoms with Gasteiger partial charge in [-0.3, -0.25) is 4.79 Å². The Labute approximate surface area is 161 Å². The molecule has 5 heteroatoms. The predicted octanol–water partition coefficient (Wildman–Crippen LogP) is 4.92. The molecule has 2 aromatic carbocycles. The Hall–Kier alpha value is -2.95. The lowest BCUT2D eigenvalue weighted by atomic mass is 10.2. The molecule has 27 heavy (non-hydrogen) atoms. The van der Waals surface area contributed by atoms with E-state index < -0.39 is 0 Å². The van der Waals surface area contributed by atoms with Crippen LogP contribution in [0.5, 0.6) is 17.2 Å². The molecular formula is C22H27NO4. The van der Waals surface area contributed by atoms with Crippen LogP contribution < -0.4 is 19.5 Å². The van der Waals surface area contributed by atoms with Gasteiger partial charge in [0.25, 0.3) is 0 Å². The molecule has 1 amide bonds. The Bertz CT molecular complexity index is 753. The van der Waals surface area contributed by atoms with E-state index in [0.29, 0.717) is 31.3 Å². The van der Waals surface area contributed by atoms with Gasteiger partial charge in [0.15, 0.2) is 11.5 Å². The van der Waals surface area contributed by atoms with Gasteiger partial charge in [-0.15, -0.1) is 0 Å². The van der Waals surface area contributed by atoms with E-state index >= 15 is 0 Å². The molecule has 0 unspecified atom stereocenters. The van der Waals surface area contributed by atoms with Crippen LogP contribution in [0, 0.1) is 0 Å². The molecule has 0 aromatic heterocycles. The molecule has 0 aliphatic heterocycles. The average Bonchev–Trinajstić information content (AvgIpc) is 2.67. The lowest BCUT2D eigenvalue weighted by Crippen LogP contribution is -2.07. The van der Waals surface area contributed by atoms with Crippen LogP contribution in [-0.4, -0.2) is 25.7 Å². The highest BCUT2D eigenvalue weighted by Gasteiger charge is 2.06. The summed E-state index contributed by atoms with van der Waals surface area (Å²) < 4.78 is 16.7. The molecule has 5 nitrogen and oxygen atoms in total. The molecule has 0 saturated carbocycles. The highest BCUT2D eigenvalue weighted by Crippen LogP contribution is 2.29. The molecule has 0 spiro atoms. The normalized spacial score (nSPS) is 10.6. The predicted molar refractivity (Wildman–Crippen MR) is 109 cm³/mol. The molecule has 0 aliphatic rings. The monoisotopic (exact) mass is 369 g/mol. The summed E-state index contributed by atoms with van der Waals surface area (Å²) in [7, 11) is 0. The fourth-order valence-corrected chi connectivity index (χ4v) is 2.38. The maximum atomic E-state index is 12.1. The van der Waals surface area contributed by atoms with Crippen molar-refractivity contribution in [2.45, 2.75) is 27.2 Å². The van der Waals surface area contributed by atoms with Crippen molar-refractivity contribution in [2.24, 2.45) is 0 Å². The van der Waals surface area contributed by atoms with Gasteiger partial charge in [0.1, 0.15) is 5.75 Å². The van der Waals surface area contributed by atoms with E-state index in [0.717, 1.165) is 23.5 Å². The van der Waals surface area contributed by atoms with Crippen LogP contribution in [0.2, 0.25) is 0 Å². The highest BCUT2D eigenvalue weighted by atomic mass is 16.5. The van der Waals surface area contributed by atoms with E-state index in [4.69, 9.17) is 14.2 Å². The van der Waals surface area contributed by atoms with Crippen LogP contribution in [-0.2, 0) is 4.79 Å². The minimum atomic E-state index is -0.205. The minimum absolute atomic E-state index is 0.205. The molecular weight excluding hydrogens is 342 g/mol. The maximum Gasteiger partial charge on any atom is 0.248 e. The molecule has 0 atom stereocenters. The van der Waals surface area contributed by atoms with Gasteiger partial charge in [-0.25, -0.2) is 0 Å². The summed E-state index contributed by atoms with van der Waals surface area (Å²) in [6.07, 6.45) is 4.17. The molecule has 0 fully saturated rings. The van der Waals surface area contributed by atoms with Crippen molar-refractivity contribution in [1.29, 1.82) is 0 Å². The van der Waals surface area contributed by atoms with Crippen LogP contribution in [0.1, 0.15) is 32.8 Å². The van der Waals surface area contributed by atoms with Gasteiger partial charge in [0.05, 0.1) is 19.8 Å². The Kier molecular flexibility index (Phi) is 8.23. The number of hydrogen-bond acceptors (Lipinski definition) is 4. The number of carbonyl (C=O) groups excluding carboxylic acids is 1. The van der Waals surface area contributed by atoms with Gasteiger partial charge in [-0.05, 0) is 68.3 Å². The second-order valence-electron chi connectivity index (χ2n) is 5.77. The first kappa shape index (κ1) is 20.4. The number of hydrogen-bond donors (Lipinski definition) is 1. The van der Waals surface area contributed by atoms with E-state index in [1.54, 1.807) is 6.08 Å². The fourth-order valence-electron chi connectivity index (χ4n) is 2.38. The second kappa shape index (κ2) is 10.9. The smallest absolute Gasteiger partial charge is 0.248 e. The highest BCUT2D eigenvalue weighted by molar-refractivity contribution is 6.01. The van der Waals surface area contributed by atoms with Gasteiger partial charge in [0, 0.05) is 11.8 Å². The standard InChI is InChI=1S/C22H27NO4/c1-4-15-27-20-13-7-17(16-21(20)26-6-3)8-14-22(24)23-18-9-11-19(12-10-18)25-5-2/h7-14,16H,4-6,15H2,1-3H3,(H,23,24)/b14-8+. The number of anilines is 1. The third-order valence-corrected chi connectivity index (χ3v) is 3.59. The molecule has 0 radical (unpaired) electrons. The largest absolute Gasteiger partial charge is 0.494 e. The van der Waals surface area contributed by atoms with E-state index in [2.05, 4.69) is 12.2 Å². The SMILES string of the molecule is CCCOc1ccc(/C=C/C(=O)Nc2ccc(OCC)cc2)cc1OCC. The Morgan fingerprint density at radius 2 is 1.67 bits per heavy atom. The van der Waals surface area contributed by atoms with Gasteiger partial charge >= 0.3 is 0 Å². The van der Waals surface area contributed by atoms with Crippen LogP contribution in [0.3, 0.4) is 0 Å². The first-order valence-corrected chi connectivity index (χ1v) is 9.27. The summed E-state index contributed by atoms with van der Waals surface area (Å²) in [4.78, 5) is 12.1. The molecule has 1 N–H and O–H groups in total. The maximum absolute atomic E-state index is 12.1. The summed E-state index contributed by atoms with van der Waals surface area (Å²) in [5.41, 5.74) is 1.58. The van der Waals surface area contributed by atoms with Crippen molar-refractivity contribution in [3.63, 3.8) is 0 Å².